The second kappa shape index (κ2) is 14.2. The van der Waals surface area contributed by atoms with Crippen LogP contribution in [0.25, 0.3) is 11.0 Å². The molecule has 1 aliphatic rings. The molecule has 5 aromatic rings. The van der Waals surface area contributed by atoms with Gasteiger partial charge >= 0.3 is 11.3 Å². The number of methoxy groups -OCH3 is 1. The van der Waals surface area contributed by atoms with Crippen molar-refractivity contribution in [3.63, 3.8) is 0 Å². The summed E-state index contributed by atoms with van der Waals surface area (Å²) in [4.78, 5) is 54.6. The van der Waals surface area contributed by atoms with Crippen LogP contribution in [-0.2, 0) is 29.2 Å². The lowest BCUT2D eigenvalue weighted by molar-refractivity contribution is -0.131. The number of carbonyl (C=O) groups is 1. The predicted octanol–water partition coefficient (Wildman–Crippen LogP) is 1.39. The molecule has 2 aromatic carbocycles. The number of aliphatic hydroxyl groups excluding tert-OH is 1. The van der Waals surface area contributed by atoms with Gasteiger partial charge in [0.1, 0.15) is 12.3 Å². The van der Waals surface area contributed by atoms with E-state index in [1.807, 2.05) is 36.4 Å². The first kappa shape index (κ1) is 32.6. The first-order chi connectivity index (χ1) is 23.2. The van der Waals surface area contributed by atoms with Gasteiger partial charge in [-0.15, -0.1) is 5.10 Å². The summed E-state index contributed by atoms with van der Waals surface area (Å²) in [5, 5.41) is 22.2. The highest BCUT2D eigenvalue weighted by atomic mass is 16.5. The summed E-state index contributed by atoms with van der Waals surface area (Å²) in [7, 11) is 1.50. The van der Waals surface area contributed by atoms with Crippen molar-refractivity contribution in [3.8, 4) is 5.75 Å². The molecule has 6 rings (SSSR count). The number of aliphatic hydroxyl groups is 1. The average Bonchev–Trinajstić information content (AvgIpc) is 3.74. The maximum Gasteiger partial charge on any atom is 0.341 e. The third-order valence-corrected chi connectivity index (χ3v) is 8.27. The van der Waals surface area contributed by atoms with E-state index in [4.69, 9.17) is 13.9 Å². The van der Waals surface area contributed by atoms with Crippen molar-refractivity contribution >= 4 is 16.9 Å². The Labute approximate surface area is 273 Å². The minimum Gasteiger partial charge on any atom is -0.493 e. The van der Waals surface area contributed by atoms with Gasteiger partial charge in [-0.25, -0.2) is 14.3 Å². The topological polar surface area (TPSA) is 187 Å². The van der Waals surface area contributed by atoms with Gasteiger partial charge in [0.25, 0.3) is 5.56 Å². The molecule has 0 radical (unpaired) electrons. The SMILES string of the molecule is COc1cccc2cc(CN(Cc3ccccc3)C(=O)CNCc3cn([C@H]4C[C@H](n5cc(C)c(=O)[nH]c5=O)O[C@@H]4CO)nn3)c(=O)oc12. The number of para-hydroxylation sites is 1. The number of benzene rings is 2. The Bertz CT molecular complexity index is 2090. The molecule has 0 aliphatic carbocycles. The number of fused-ring (bicyclic) bond motifs is 1. The highest BCUT2D eigenvalue weighted by molar-refractivity contribution is 5.83. The maximum atomic E-state index is 13.5. The van der Waals surface area contributed by atoms with Crippen molar-refractivity contribution < 1.29 is 23.8 Å². The Morgan fingerprint density at radius 2 is 1.94 bits per heavy atom. The minimum absolute atomic E-state index is 0.0321. The number of carbonyl (C=O) groups excluding carboxylic acids is 1. The van der Waals surface area contributed by atoms with E-state index in [1.54, 1.807) is 40.9 Å². The lowest BCUT2D eigenvalue weighted by atomic mass is 10.1. The number of aryl methyl sites for hydroxylation is 1. The number of hydrogen-bond donors (Lipinski definition) is 3. The quantitative estimate of drug-likeness (QED) is 0.165. The molecule has 250 valence electrons. The Kier molecular flexibility index (Phi) is 9.61. The van der Waals surface area contributed by atoms with Crippen molar-refractivity contribution in [1.82, 2.24) is 34.8 Å². The van der Waals surface area contributed by atoms with Gasteiger partial charge in [0.2, 0.25) is 5.91 Å². The number of nitrogens with one attached hydrogen (secondary N) is 2. The fraction of sp³-hybridized carbons (Fsp3) is 0.333. The van der Waals surface area contributed by atoms with E-state index in [-0.39, 0.29) is 38.7 Å². The van der Waals surface area contributed by atoms with Crippen molar-refractivity contribution in [1.29, 1.82) is 0 Å². The summed E-state index contributed by atoms with van der Waals surface area (Å²) >= 11 is 0. The minimum atomic E-state index is -0.721. The second-order valence-corrected chi connectivity index (χ2v) is 11.6. The van der Waals surface area contributed by atoms with E-state index in [9.17, 15) is 24.3 Å². The fourth-order valence-electron chi connectivity index (χ4n) is 5.77. The van der Waals surface area contributed by atoms with Crippen molar-refractivity contribution in [2.24, 2.45) is 0 Å². The average molecular weight is 658 g/mol. The lowest BCUT2D eigenvalue weighted by Gasteiger charge is -2.23. The molecule has 48 heavy (non-hydrogen) atoms. The highest BCUT2D eigenvalue weighted by Crippen LogP contribution is 2.35. The maximum absolute atomic E-state index is 13.5. The van der Waals surface area contributed by atoms with Crippen LogP contribution in [0.2, 0.25) is 0 Å². The zero-order valence-electron chi connectivity index (χ0n) is 26.4. The number of amides is 1. The summed E-state index contributed by atoms with van der Waals surface area (Å²) in [6.45, 7) is 1.74. The molecule has 4 heterocycles. The second-order valence-electron chi connectivity index (χ2n) is 11.6. The van der Waals surface area contributed by atoms with Crippen molar-refractivity contribution in [2.45, 2.75) is 51.4 Å². The zero-order valence-corrected chi connectivity index (χ0v) is 26.4. The van der Waals surface area contributed by atoms with Gasteiger partial charge in [-0.05, 0) is 24.6 Å². The smallest absolute Gasteiger partial charge is 0.341 e. The number of hydrogen-bond acceptors (Lipinski definition) is 11. The normalized spacial score (nSPS) is 17.5. The molecule has 3 atom stereocenters. The molecule has 0 saturated carbocycles. The van der Waals surface area contributed by atoms with Crippen LogP contribution in [0.15, 0.2) is 85.8 Å². The molecule has 1 saturated heterocycles. The summed E-state index contributed by atoms with van der Waals surface area (Å²) in [5.74, 6) is 0.200. The standard InChI is InChI=1S/C33H35N7O8/c1-20-15-39(33(45)35-31(20)43)29-12-25(27(19-41)47-29)40-18-24(36-37-40)13-34-14-28(42)38(16-21-7-4-3-5-8-21)17-23-11-22-9-6-10-26(46-2)30(22)48-32(23)44/h3-11,15,18,25,27,29,34,41H,12-14,16-17,19H2,1-2H3,(H,35,43,45)/t25-,27+,29+/m0/s1. The number of aromatic nitrogens is 5. The molecule has 0 spiro atoms. The Balaban J connectivity index is 1.13. The molecule has 0 unspecified atom stereocenters. The van der Waals surface area contributed by atoms with Crippen LogP contribution in [0.4, 0.5) is 0 Å². The highest BCUT2D eigenvalue weighted by Gasteiger charge is 2.38. The molecule has 3 aromatic heterocycles. The number of H-pyrrole nitrogens is 1. The molecular formula is C33H35N7O8. The molecule has 15 heteroatoms. The first-order valence-electron chi connectivity index (χ1n) is 15.3. The monoisotopic (exact) mass is 657 g/mol. The van der Waals surface area contributed by atoms with E-state index in [0.29, 0.717) is 40.0 Å². The van der Waals surface area contributed by atoms with Gasteiger partial charge < -0.3 is 29.2 Å². The van der Waals surface area contributed by atoms with Gasteiger partial charge in [0.05, 0.1) is 50.3 Å². The number of nitrogens with zero attached hydrogens (tertiary/aromatic N) is 5. The van der Waals surface area contributed by atoms with E-state index < -0.39 is 35.2 Å². The third kappa shape index (κ3) is 6.97. The summed E-state index contributed by atoms with van der Waals surface area (Å²) in [6.07, 6.45) is 2.03. The fourth-order valence-corrected chi connectivity index (χ4v) is 5.77. The summed E-state index contributed by atoms with van der Waals surface area (Å²) in [5.41, 5.74) is 0.836. The van der Waals surface area contributed by atoms with Crippen LogP contribution in [0.5, 0.6) is 5.75 Å². The predicted molar refractivity (Wildman–Crippen MR) is 172 cm³/mol. The zero-order chi connectivity index (χ0) is 33.8. The van der Waals surface area contributed by atoms with E-state index >= 15 is 0 Å². The number of aromatic amines is 1. The van der Waals surface area contributed by atoms with E-state index in [2.05, 4.69) is 20.6 Å². The van der Waals surface area contributed by atoms with Crippen LogP contribution >= 0.6 is 0 Å². The molecule has 1 fully saturated rings. The molecular weight excluding hydrogens is 622 g/mol. The Morgan fingerprint density at radius 3 is 2.71 bits per heavy atom. The first-order valence-corrected chi connectivity index (χ1v) is 15.3. The molecule has 1 aliphatic heterocycles. The van der Waals surface area contributed by atoms with Crippen LogP contribution in [0.3, 0.4) is 0 Å². The van der Waals surface area contributed by atoms with Gasteiger partial charge in [-0.2, -0.15) is 0 Å². The van der Waals surface area contributed by atoms with Gasteiger partial charge in [0.15, 0.2) is 11.3 Å². The van der Waals surface area contributed by atoms with E-state index in [0.717, 1.165) is 5.56 Å². The lowest BCUT2D eigenvalue weighted by Crippen LogP contribution is -2.38. The van der Waals surface area contributed by atoms with Gasteiger partial charge in [-0.3, -0.25) is 19.1 Å². The van der Waals surface area contributed by atoms with Crippen LogP contribution in [0.1, 0.15) is 41.1 Å². The van der Waals surface area contributed by atoms with Crippen LogP contribution in [0, 0.1) is 6.92 Å². The van der Waals surface area contributed by atoms with Crippen LogP contribution in [-0.4, -0.2) is 66.8 Å². The molecule has 3 N–H and O–H groups in total. The van der Waals surface area contributed by atoms with Crippen molar-refractivity contribution in [3.05, 3.63) is 121 Å². The largest absolute Gasteiger partial charge is 0.493 e. The van der Waals surface area contributed by atoms with Gasteiger partial charge in [-0.1, -0.05) is 47.7 Å². The van der Waals surface area contributed by atoms with Crippen LogP contribution < -0.4 is 26.9 Å². The molecule has 15 nitrogen and oxygen atoms in total. The Hall–Kier alpha value is -5.38. The molecule has 1 amide bonds. The molecule has 0 bridgehead atoms. The number of ether oxygens (including phenoxy) is 2. The summed E-state index contributed by atoms with van der Waals surface area (Å²) < 4.78 is 19.7. The third-order valence-electron chi connectivity index (χ3n) is 8.27. The van der Waals surface area contributed by atoms with E-state index in [1.165, 1.54) is 17.9 Å². The number of rotatable bonds is 12. The Morgan fingerprint density at radius 1 is 1.12 bits per heavy atom. The van der Waals surface area contributed by atoms with Gasteiger partial charge in [0, 0.05) is 36.7 Å². The summed E-state index contributed by atoms with van der Waals surface area (Å²) in [6, 6.07) is 16.1. The van der Waals surface area contributed by atoms with Crippen molar-refractivity contribution in [2.75, 3.05) is 20.3 Å².